The summed E-state index contributed by atoms with van der Waals surface area (Å²) in [4.78, 5) is 0. The minimum Gasteiger partial charge on any atom is -0.488 e. The molecule has 0 amide bonds. The Bertz CT molecular complexity index is 382. The van der Waals surface area contributed by atoms with Gasteiger partial charge in [0.1, 0.15) is 11.9 Å². The highest BCUT2D eigenvalue weighted by Gasteiger charge is 2.18. The lowest BCUT2D eigenvalue weighted by atomic mass is 10.1. The standard InChI is InChI=1S/C14H20N2O.C2H6/c1-10(2)16-11(3)12-4-6-13(7-5-12)17-14-8-15-9-14;1-2/h4-7,11,14-16H,1,8-9H2,2-3H3;1-2H3. The third-order valence-electron chi connectivity index (χ3n) is 2.89. The number of hydrogen-bond donors (Lipinski definition) is 2. The smallest absolute Gasteiger partial charge is 0.123 e. The van der Waals surface area contributed by atoms with Crippen LogP contribution in [-0.4, -0.2) is 19.2 Å². The van der Waals surface area contributed by atoms with Crippen LogP contribution in [0, 0.1) is 0 Å². The average Bonchev–Trinajstić information content (AvgIpc) is 2.36. The summed E-state index contributed by atoms with van der Waals surface area (Å²) < 4.78 is 5.77. The van der Waals surface area contributed by atoms with E-state index in [-0.39, 0.29) is 6.04 Å². The Labute approximate surface area is 117 Å². The molecule has 0 bridgehead atoms. The molecular formula is C16H26N2O. The van der Waals surface area contributed by atoms with E-state index in [9.17, 15) is 0 Å². The van der Waals surface area contributed by atoms with E-state index in [1.54, 1.807) is 0 Å². The largest absolute Gasteiger partial charge is 0.488 e. The van der Waals surface area contributed by atoms with Crippen molar-refractivity contribution in [3.63, 3.8) is 0 Å². The van der Waals surface area contributed by atoms with E-state index in [0.29, 0.717) is 6.10 Å². The average molecular weight is 262 g/mol. The van der Waals surface area contributed by atoms with Crippen LogP contribution in [0.2, 0.25) is 0 Å². The molecule has 1 aromatic rings. The normalized spacial score (nSPS) is 15.6. The van der Waals surface area contributed by atoms with Gasteiger partial charge in [-0.05, 0) is 31.5 Å². The van der Waals surface area contributed by atoms with E-state index in [0.717, 1.165) is 24.5 Å². The molecule has 0 aliphatic carbocycles. The molecule has 2 N–H and O–H groups in total. The van der Waals surface area contributed by atoms with Crippen LogP contribution in [-0.2, 0) is 0 Å². The summed E-state index contributed by atoms with van der Waals surface area (Å²) in [7, 11) is 0. The molecule has 1 aliphatic rings. The first-order valence-corrected chi connectivity index (χ1v) is 7.04. The summed E-state index contributed by atoms with van der Waals surface area (Å²) in [5.41, 5.74) is 2.23. The Balaban J connectivity index is 0.000000861. The zero-order valence-electron chi connectivity index (χ0n) is 12.5. The molecule has 106 valence electrons. The molecule has 1 atom stereocenters. The number of hydrogen-bond acceptors (Lipinski definition) is 3. The minimum absolute atomic E-state index is 0.284. The van der Waals surface area contributed by atoms with Gasteiger partial charge in [0.2, 0.25) is 0 Å². The highest BCUT2D eigenvalue weighted by molar-refractivity contribution is 5.29. The molecule has 2 rings (SSSR count). The molecule has 0 radical (unpaired) electrons. The van der Waals surface area contributed by atoms with Crippen LogP contribution in [0.15, 0.2) is 36.5 Å². The van der Waals surface area contributed by atoms with Gasteiger partial charge < -0.3 is 15.4 Å². The molecule has 0 aromatic heterocycles. The van der Waals surface area contributed by atoms with Gasteiger partial charge in [-0.1, -0.05) is 32.6 Å². The van der Waals surface area contributed by atoms with Crippen molar-refractivity contribution in [3.05, 3.63) is 42.1 Å². The van der Waals surface area contributed by atoms with Crippen molar-refractivity contribution in [1.82, 2.24) is 10.6 Å². The van der Waals surface area contributed by atoms with Crippen molar-refractivity contribution in [3.8, 4) is 5.75 Å². The fourth-order valence-electron chi connectivity index (χ4n) is 1.83. The van der Waals surface area contributed by atoms with Crippen molar-refractivity contribution in [2.75, 3.05) is 13.1 Å². The van der Waals surface area contributed by atoms with Crippen LogP contribution in [0.25, 0.3) is 0 Å². The van der Waals surface area contributed by atoms with Crippen LogP contribution in [0.4, 0.5) is 0 Å². The van der Waals surface area contributed by atoms with Crippen molar-refractivity contribution in [1.29, 1.82) is 0 Å². The van der Waals surface area contributed by atoms with Gasteiger partial charge in [-0.15, -0.1) is 0 Å². The Morgan fingerprint density at radius 2 is 1.89 bits per heavy atom. The second-order valence-electron chi connectivity index (χ2n) is 4.61. The Morgan fingerprint density at radius 1 is 1.32 bits per heavy atom. The number of allylic oxidation sites excluding steroid dienone is 1. The van der Waals surface area contributed by atoms with E-state index in [4.69, 9.17) is 4.74 Å². The number of ether oxygens (including phenoxy) is 1. The second kappa shape index (κ2) is 7.85. The Kier molecular flexibility index (Phi) is 6.43. The fraction of sp³-hybridized carbons (Fsp3) is 0.500. The lowest BCUT2D eigenvalue weighted by Crippen LogP contribution is -2.50. The van der Waals surface area contributed by atoms with Crippen molar-refractivity contribution in [2.45, 2.75) is 39.8 Å². The lowest BCUT2D eigenvalue weighted by Gasteiger charge is -2.28. The topological polar surface area (TPSA) is 33.3 Å². The van der Waals surface area contributed by atoms with Gasteiger partial charge >= 0.3 is 0 Å². The first-order valence-electron chi connectivity index (χ1n) is 7.04. The zero-order valence-corrected chi connectivity index (χ0v) is 12.5. The predicted octanol–water partition coefficient (Wildman–Crippen LogP) is 3.25. The maximum atomic E-state index is 5.77. The molecule has 1 unspecified atom stereocenters. The predicted molar refractivity (Wildman–Crippen MR) is 81.4 cm³/mol. The molecule has 1 saturated heterocycles. The number of rotatable bonds is 5. The Hall–Kier alpha value is -1.48. The summed E-state index contributed by atoms with van der Waals surface area (Å²) >= 11 is 0. The third-order valence-corrected chi connectivity index (χ3v) is 2.89. The molecule has 1 aliphatic heterocycles. The summed E-state index contributed by atoms with van der Waals surface area (Å²) in [5.74, 6) is 0.947. The maximum absolute atomic E-state index is 5.77. The summed E-state index contributed by atoms with van der Waals surface area (Å²) in [5, 5.41) is 6.48. The lowest BCUT2D eigenvalue weighted by molar-refractivity contribution is 0.142. The van der Waals surface area contributed by atoms with Crippen LogP contribution in [0.1, 0.15) is 39.3 Å². The van der Waals surface area contributed by atoms with E-state index in [1.165, 1.54) is 5.56 Å². The van der Waals surface area contributed by atoms with E-state index in [2.05, 4.69) is 36.3 Å². The van der Waals surface area contributed by atoms with Crippen LogP contribution in [0.5, 0.6) is 5.75 Å². The van der Waals surface area contributed by atoms with Crippen LogP contribution < -0.4 is 15.4 Å². The quantitative estimate of drug-likeness (QED) is 0.854. The monoisotopic (exact) mass is 262 g/mol. The van der Waals surface area contributed by atoms with Gasteiger partial charge in [0, 0.05) is 24.8 Å². The molecule has 19 heavy (non-hydrogen) atoms. The van der Waals surface area contributed by atoms with Crippen molar-refractivity contribution < 1.29 is 4.74 Å². The van der Waals surface area contributed by atoms with Gasteiger partial charge in [0.05, 0.1) is 0 Å². The molecule has 3 heteroatoms. The summed E-state index contributed by atoms with van der Waals surface area (Å²) in [6.07, 6.45) is 0.340. The molecule has 3 nitrogen and oxygen atoms in total. The van der Waals surface area contributed by atoms with Crippen molar-refractivity contribution >= 4 is 0 Å². The van der Waals surface area contributed by atoms with Gasteiger partial charge in [-0.2, -0.15) is 0 Å². The Morgan fingerprint density at radius 3 is 2.32 bits per heavy atom. The zero-order chi connectivity index (χ0) is 14.3. The van der Waals surface area contributed by atoms with Gasteiger partial charge in [-0.3, -0.25) is 0 Å². The summed E-state index contributed by atoms with van der Waals surface area (Å²) in [6, 6.07) is 8.55. The molecule has 1 heterocycles. The van der Waals surface area contributed by atoms with E-state index in [1.807, 2.05) is 32.9 Å². The van der Waals surface area contributed by atoms with Crippen LogP contribution in [0.3, 0.4) is 0 Å². The SMILES string of the molecule is C=C(C)NC(C)c1ccc(OC2CNC2)cc1.CC. The number of benzene rings is 1. The highest BCUT2D eigenvalue weighted by Crippen LogP contribution is 2.19. The maximum Gasteiger partial charge on any atom is 0.123 e. The number of nitrogens with one attached hydrogen (secondary N) is 2. The molecule has 1 fully saturated rings. The van der Waals surface area contributed by atoms with Crippen molar-refractivity contribution in [2.24, 2.45) is 0 Å². The molecule has 0 spiro atoms. The molecular weight excluding hydrogens is 236 g/mol. The van der Waals surface area contributed by atoms with Gasteiger partial charge in [0.15, 0.2) is 0 Å². The third kappa shape index (κ3) is 4.95. The van der Waals surface area contributed by atoms with E-state index >= 15 is 0 Å². The first kappa shape index (κ1) is 15.6. The first-order chi connectivity index (χ1) is 9.15. The summed E-state index contributed by atoms with van der Waals surface area (Å²) in [6.45, 7) is 13.9. The molecule has 0 saturated carbocycles. The van der Waals surface area contributed by atoms with E-state index < -0.39 is 0 Å². The van der Waals surface area contributed by atoms with Crippen LogP contribution >= 0.6 is 0 Å². The van der Waals surface area contributed by atoms with Gasteiger partial charge in [0.25, 0.3) is 0 Å². The minimum atomic E-state index is 0.284. The second-order valence-corrected chi connectivity index (χ2v) is 4.61. The van der Waals surface area contributed by atoms with Gasteiger partial charge in [-0.25, -0.2) is 0 Å². The fourth-order valence-corrected chi connectivity index (χ4v) is 1.83. The highest BCUT2D eigenvalue weighted by atomic mass is 16.5. The molecule has 1 aromatic carbocycles.